The maximum Gasteiger partial charge on any atom is 0.150 e. The van der Waals surface area contributed by atoms with Crippen LogP contribution in [0.2, 0.25) is 0 Å². The summed E-state index contributed by atoms with van der Waals surface area (Å²) in [5.74, 6) is 1.49. The van der Waals surface area contributed by atoms with Gasteiger partial charge in [-0.25, -0.2) is 0 Å². The topological polar surface area (TPSA) is 35.5 Å². The van der Waals surface area contributed by atoms with E-state index in [2.05, 4.69) is 0 Å². The lowest BCUT2D eigenvalue weighted by Gasteiger charge is -2.11. The molecule has 0 aliphatic heterocycles. The highest BCUT2D eigenvalue weighted by Gasteiger charge is 2.09. The number of rotatable bonds is 5. The summed E-state index contributed by atoms with van der Waals surface area (Å²) >= 11 is 1.54. The molecule has 0 aliphatic rings. The number of hydrogen-bond acceptors (Lipinski definition) is 4. The van der Waals surface area contributed by atoms with E-state index in [0.717, 1.165) is 21.8 Å². The van der Waals surface area contributed by atoms with Gasteiger partial charge in [0, 0.05) is 5.56 Å². The van der Waals surface area contributed by atoms with Crippen molar-refractivity contribution in [2.24, 2.45) is 0 Å². The first-order valence-corrected chi connectivity index (χ1v) is 6.54. The van der Waals surface area contributed by atoms with Crippen molar-refractivity contribution >= 4 is 18.0 Å². The van der Waals surface area contributed by atoms with Crippen LogP contribution in [0.25, 0.3) is 0 Å². The van der Waals surface area contributed by atoms with Gasteiger partial charge in [0.15, 0.2) is 0 Å². The Morgan fingerprint density at radius 1 is 0.947 bits per heavy atom. The molecule has 4 heteroatoms. The molecule has 0 aliphatic carbocycles. The molecule has 0 aromatic heterocycles. The summed E-state index contributed by atoms with van der Waals surface area (Å²) in [7, 11) is 3.24. The number of carbonyl (C=O) groups excluding carboxylic acids is 1. The quantitative estimate of drug-likeness (QED) is 0.779. The summed E-state index contributed by atoms with van der Waals surface area (Å²) in [5, 5.41) is 0. The lowest BCUT2D eigenvalue weighted by molar-refractivity contribution is 0.112. The summed E-state index contributed by atoms with van der Waals surface area (Å²) in [4.78, 5) is 12.7. The maximum atomic E-state index is 10.8. The van der Waals surface area contributed by atoms with E-state index < -0.39 is 0 Å². The van der Waals surface area contributed by atoms with Gasteiger partial charge in [0.1, 0.15) is 17.8 Å². The van der Waals surface area contributed by atoms with Crippen molar-refractivity contribution in [1.82, 2.24) is 0 Å². The fourth-order valence-corrected chi connectivity index (χ4v) is 2.68. The van der Waals surface area contributed by atoms with Gasteiger partial charge in [-0.1, -0.05) is 30.0 Å². The van der Waals surface area contributed by atoms with E-state index in [1.165, 1.54) is 0 Å². The summed E-state index contributed by atoms with van der Waals surface area (Å²) in [6.45, 7) is 0. The van der Waals surface area contributed by atoms with Crippen molar-refractivity contribution in [2.75, 3.05) is 14.2 Å². The average molecular weight is 274 g/mol. The first-order chi connectivity index (χ1) is 9.28. The number of benzene rings is 2. The molecule has 0 bridgehead atoms. The second-order valence-electron chi connectivity index (χ2n) is 3.78. The predicted molar refractivity (Wildman–Crippen MR) is 75.5 cm³/mol. The van der Waals surface area contributed by atoms with Gasteiger partial charge in [-0.05, 0) is 24.3 Å². The molecule has 0 N–H and O–H groups in total. The number of carbonyl (C=O) groups is 1. The first kappa shape index (κ1) is 13.5. The zero-order chi connectivity index (χ0) is 13.7. The minimum absolute atomic E-state index is 0.598. The number of para-hydroxylation sites is 1. The molecule has 0 fully saturated rings. The fourth-order valence-electron chi connectivity index (χ4n) is 1.66. The molecular formula is C15H14O3S. The van der Waals surface area contributed by atoms with Crippen LogP contribution in [0.4, 0.5) is 0 Å². The van der Waals surface area contributed by atoms with E-state index >= 15 is 0 Å². The molecular weight excluding hydrogens is 260 g/mol. The van der Waals surface area contributed by atoms with Crippen molar-refractivity contribution in [1.29, 1.82) is 0 Å². The number of ether oxygens (including phenoxy) is 2. The van der Waals surface area contributed by atoms with Gasteiger partial charge in [0.2, 0.25) is 0 Å². The second-order valence-corrected chi connectivity index (χ2v) is 4.86. The molecule has 2 rings (SSSR count). The Bertz CT molecular complexity index is 581. The van der Waals surface area contributed by atoms with Gasteiger partial charge in [0.05, 0.1) is 24.0 Å². The summed E-state index contributed by atoms with van der Waals surface area (Å²) in [6, 6.07) is 13.1. The van der Waals surface area contributed by atoms with Crippen LogP contribution in [-0.2, 0) is 0 Å². The molecule has 0 saturated heterocycles. The fraction of sp³-hybridized carbons (Fsp3) is 0.133. The van der Waals surface area contributed by atoms with Crippen molar-refractivity contribution in [3.8, 4) is 11.5 Å². The molecule has 19 heavy (non-hydrogen) atoms. The molecule has 0 amide bonds. The van der Waals surface area contributed by atoms with Crippen LogP contribution in [-0.4, -0.2) is 20.5 Å². The van der Waals surface area contributed by atoms with Crippen molar-refractivity contribution < 1.29 is 14.3 Å². The minimum Gasteiger partial charge on any atom is -0.496 e. The van der Waals surface area contributed by atoms with Crippen LogP contribution in [0, 0.1) is 0 Å². The van der Waals surface area contributed by atoms with Crippen LogP contribution in [0.5, 0.6) is 11.5 Å². The van der Waals surface area contributed by atoms with Crippen LogP contribution >= 0.6 is 11.8 Å². The molecule has 0 spiro atoms. The molecule has 0 heterocycles. The maximum absolute atomic E-state index is 10.8. The summed E-state index contributed by atoms with van der Waals surface area (Å²) in [6.07, 6.45) is 0.806. The molecule has 0 unspecified atom stereocenters. The Labute approximate surface area is 116 Å². The van der Waals surface area contributed by atoms with E-state index in [0.29, 0.717) is 11.3 Å². The Morgan fingerprint density at radius 3 is 2.32 bits per heavy atom. The standard InChI is InChI=1S/C15H14O3S/c1-17-12-5-3-4-6-14(12)19-15-8-7-11(10-16)9-13(15)18-2/h3-10H,1-2H3. The van der Waals surface area contributed by atoms with E-state index in [-0.39, 0.29) is 0 Å². The molecule has 2 aromatic carbocycles. The van der Waals surface area contributed by atoms with E-state index in [1.54, 1.807) is 38.1 Å². The smallest absolute Gasteiger partial charge is 0.150 e. The van der Waals surface area contributed by atoms with E-state index in [9.17, 15) is 4.79 Å². The molecule has 0 atom stereocenters. The number of hydrogen-bond donors (Lipinski definition) is 0. The molecule has 0 saturated carbocycles. The lowest BCUT2D eigenvalue weighted by atomic mass is 10.2. The van der Waals surface area contributed by atoms with Crippen molar-refractivity contribution in [3.05, 3.63) is 48.0 Å². The van der Waals surface area contributed by atoms with Crippen molar-refractivity contribution in [3.63, 3.8) is 0 Å². The third-order valence-electron chi connectivity index (χ3n) is 2.61. The van der Waals surface area contributed by atoms with Gasteiger partial charge >= 0.3 is 0 Å². The SMILES string of the molecule is COc1ccccc1Sc1ccc(C=O)cc1OC. The van der Waals surface area contributed by atoms with Crippen LogP contribution in [0.1, 0.15) is 10.4 Å². The van der Waals surface area contributed by atoms with Gasteiger partial charge in [0.25, 0.3) is 0 Å². The minimum atomic E-state index is 0.598. The highest BCUT2D eigenvalue weighted by atomic mass is 32.2. The van der Waals surface area contributed by atoms with Crippen LogP contribution < -0.4 is 9.47 Å². The zero-order valence-corrected chi connectivity index (χ0v) is 11.6. The Kier molecular flexibility index (Phi) is 4.47. The monoisotopic (exact) mass is 274 g/mol. The van der Waals surface area contributed by atoms with Crippen molar-refractivity contribution in [2.45, 2.75) is 9.79 Å². The van der Waals surface area contributed by atoms with Gasteiger partial charge in [-0.3, -0.25) is 4.79 Å². The molecule has 98 valence electrons. The molecule has 3 nitrogen and oxygen atoms in total. The molecule has 2 aromatic rings. The first-order valence-electron chi connectivity index (χ1n) is 5.72. The summed E-state index contributed by atoms with van der Waals surface area (Å²) < 4.78 is 10.6. The number of aldehydes is 1. The zero-order valence-electron chi connectivity index (χ0n) is 10.8. The van der Waals surface area contributed by atoms with Crippen LogP contribution in [0.15, 0.2) is 52.3 Å². The molecule has 0 radical (unpaired) electrons. The summed E-state index contributed by atoms with van der Waals surface area (Å²) in [5.41, 5.74) is 0.598. The average Bonchev–Trinajstić information content (AvgIpc) is 2.48. The second kappa shape index (κ2) is 6.29. The normalized spacial score (nSPS) is 10.0. The third kappa shape index (κ3) is 3.09. The third-order valence-corrected chi connectivity index (χ3v) is 3.73. The van der Waals surface area contributed by atoms with E-state index in [4.69, 9.17) is 9.47 Å². The predicted octanol–water partition coefficient (Wildman–Crippen LogP) is 3.67. The Balaban J connectivity index is 2.35. The van der Waals surface area contributed by atoms with Gasteiger partial charge in [-0.15, -0.1) is 0 Å². The number of methoxy groups -OCH3 is 2. The van der Waals surface area contributed by atoms with Gasteiger partial charge < -0.3 is 9.47 Å². The van der Waals surface area contributed by atoms with Gasteiger partial charge in [-0.2, -0.15) is 0 Å². The largest absolute Gasteiger partial charge is 0.496 e. The highest BCUT2D eigenvalue weighted by molar-refractivity contribution is 7.99. The van der Waals surface area contributed by atoms with Crippen LogP contribution in [0.3, 0.4) is 0 Å². The highest BCUT2D eigenvalue weighted by Crippen LogP contribution is 2.39. The Morgan fingerprint density at radius 2 is 1.63 bits per heavy atom. The lowest BCUT2D eigenvalue weighted by Crippen LogP contribution is -1.90. The van der Waals surface area contributed by atoms with E-state index in [1.807, 2.05) is 30.3 Å². The Hall–Kier alpha value is -1.94.